The van der Waals surface area contributed by atoms with E-state index in [0.717, 1.165) is 0 Å². The van der Waals surface area contributed by atoms with Crippen molar-refractivity contribution in [3.05, 3.63) is 71.8 Å². The molecule has 2 aromatic carbocycles. The van der Waals surface area contributed by atoms with Crippen LogP contribution >= 0.6 is 0 Å². The summed E-state index contributed by atoms with van der Waals surface area (Å²) in [4.78, 5) is 195. The SMILES string of the molecule is CC(N)=NCCC[C@@H]1NC(=O)[C@H](CCCCNC(=O)[C@@H](C)CCC(=O)NCCCC[C@@H]2NC(=O)[C@@H](Cc3ccccc3)NC(=O)[C@H](CC(=O)O)NC(=O)CNC(=O)[C@H](CCCN=C(N)N)NC2=O)NC(=O)[C@@H](Cc2ccccc2)NC(=O)[C@H](CC(=O)O)NC(=O)CNC1=O. The molecule has 2 saturated heterocycles. The lowest BCUT2D eigenvalue weighted by molar-refractivity contribution is -0.141. The number of carbonyl (C=O) groups is 14. The average molecular weight is 1320 g/mol. The van der Waals surface area contributed by atoms with Crippen molar-refractivity contribution < 1.29 is 77.3 Å². The van der Waals surface area contributed by atoms with E-state index in [1.54, 1.807) is 74.5 Å². The lowest BCUT2D eigenvalue weighted by Gasteiger charge is -2.26. The normalized spacial score (nSPS) is 21.8. The quantitative estimate of drug-likeness (QED) is 0.0200. The molecule has 9 atom stereocenters. The highest BCUT2D eigenvalue weighted by Gasteiger charge is 2.36. The van der Waals surface area contributed by atoms with Gasteiger partial charge in [0, 0.05) is 51.4 Å². The van der Waals surface area contributed by atoms with Gasteiger partial charge in [-0.3, -0.25) is 77.1 Å². The first kappa shape index (κ1) is 76.2. The van der Waals surface area contributed by atoms with E-state index < -0.39 is 157 Å². The minimum atomic E-state index is -1.67. The first-order valence-electron chi connectivity index (χ1n) is 31.1. The molecular formula is C61H89N17O16. The van der Waals surface area contributed by atoms with Crippen LogP contribution in [0, 0.1) is 5.92 Å². The summed E-state index contributed by atoms with van der Waals surface area (Å²) in [6.07, 6.45) is -0.468. The van der Waals surface area contributed by atoms with Gasteiger partial charge in [-0.25, -0.2) is 0 Å². The Morgan fingerprint density at radius 2 is 0.840 bits per heavy atom. The Labute approximate surface area is 543 Å². The Morgan fingerprint density at radius 1 is 0.479 bits per heavy atom. The van der Waals surface area contributed by atoms with Gasteiger partial charge < -0.3 is 91.2 Å². The monoisotopic (exact) mass is 1320 g/mol. The number of rotatable bonds is 30. The lowest BCUT2D eigenvalue weighted by atomic mass is 10.0. The molecule has 2 aliphatic rings. The molecule has 0 bridgehead atoms. The fourth-order valence-corrected chi connectivity index (χ4v) is 9.85. The maximum Gasteiger partial charge on any atom is 0.305 e. The molecule has 2 aromatic rings. The zero-order chi connectivity index (χ0) is 69.1. The summed E-state index contributed by atoms with van der Waals surface area (Å²) in [6.45, 7) is 2.30. The standard InChI is InChI=1S/C61H89N17O16/c1-35(52(86)67-26-12-10-20-42-56(90)73-39(21-13-27-65-36(2)62)53(87)69-33-48(80)71-45(31-50(82)83)60(94)78-44(58(92)76-42)30-38-17-7-4-8-18-38)23-24-47(79)66-25-11-9-19-41-55(89)74-40(22-14-28-68-61(63)64)54(88)70-34-49(81)72-46(32-51(84)85)59(93)77-43(57(91)75-41)29-37-15-5-3-6-16-37/h3-8,15-18,35,39-46H,9-14,19-34H2,1-2H3,(H2,62,65)(H,66,79)(H,67,86)(H,69,87)(H,70,88)(H,71,80)(H,72,81)(H,73,90)(H,74,89)(H,75,91)(H,76,92)(H,77,93)(H,78,94)(H,82,83)(H,84,85)(H4,63,64,68)/t35-,39-,40-,41-,42-,43+,44+,45-,46-/m0/s1. The van der Waals surface area contributed by atoms with Gasteiger partial charge in [-0.15, -0.1) is 0 Å². The molecule has 0 unspecified atom stereocenters. The first-order chi connectivity index (χ1) is 44.8. The summed E-state index contributed by atoms with van der Waals surface area (Å²) in [7, 11) is 0. The van der Waals surface area contributed by atoms with Crippen LogP contribution in [0.3, 0.4) is 0 Å². The van der Waals surface area contributed by atoms with E-state index in [9.17, 15) is 77.3 Å². The van der Waals surface area contributed by atoms with Crippen molar-refractivity contribution in [1.82, 2.24) is 63.8 Å². The molecule has 4 rings (SSSR count). The minimum absolute atomic E-state index is 0.0249. The van der Waals surface area contributed by atoms with E-state index in [1.807, 2.05) is 0 Å². The molecular weight excluding hydrogens is 1230 g/mol. The first-order valence-corrected chi connectivity index (χ1v) is 31.1. The molecule has 0 aromatic heterocycles. The number of hydrogen-bond acceptors (Lipinski definition) is 16. The second kappa shape index (κ2) is 40.6. The summed E-state index contributed by atoms with van der Waals surface area (Å²) in [5.74, 6) is -12.9. The van der Waals surface area contributed by atoms with Gasteiger partial charge in [0.25, 0.3) is 0 Å². The van der Waals surface area contributed by atoms with Crippen LogP contribution < -0.4 is 81.0 Å². The van der Waals surface area contributed by atoms with Crippen molar-refractivity contribution in [2.75, 3.05) is 39.3 Å². The van der Waals surface area contributed by atoms with E-state index >= 15 is 0 Å². The Balaban J connectivity index is 1.39. The van der Waals surface area contributed by atoms with Crippen molar-refractivity contribution >= 4 is 94.6 Å². The number of nitrogens with one attached hydrogen (secondary N) is 12. The maximum absolute atomic E-state index is 14.2. The zero-order valence-corrected chi connectivity index (χ0v) is 52.8. The van der Waals surface area contributed by atoms with E-state index in [-0.39, 0.29) is 134 Å². The van der Waals surface area contributed by atoms with Crippen LogP contribution in [-0.2, 0) is 80.0 Å². The highest BCUT2D eigenvalue weighted by Crippen LogP contribution is 2.13. The van der Waals surface area contributed by atoms with E-state index in [4.69, 9.17) is 17.2 Å². The van der Waals surface area contributed by atoms with Crippen molar-refractivity contribution in [2.24, 2.45) is 33.1 Å². The van der Waals surface area contributed by atoms with Crippen molar-refractivity contribution in [1.29, 1.82) is 0 Å². The second-order valence-electron chi connectivity index (χ2n) is 22.8. The summed E-state index contributed by atoms with van der Waals surface area (Å²) in [5.41, 5.74) is 17.8. The predicted molar refractivity (Wildman–Crippen MR) is 340 cm³/mol. The number of carbonyl (C=O) groups excluding carboxylic acids is 12. The number of benzene rings is 2. The molecule has 2 aliphatic heterocycles. The largest absolute Gasteiger partial charge is 0.481 e. The molecule has 0 radical (unpaired) electrons. The number of carboxylic acid groups (broad SMARTS) is 2. The number of guanidine groups is 1. The third kappa shape index (κ3) is 29.4. The maximum atomic E-state index is 14.2. The smallest absolute Gasteiger partial charge is 0.305 e. The molecule has 514 valence electrons. The molecule has 0 saturated carbocycles. The summed E-state index contributed by atoms with van der Waals surface area (Å²) in [6, 6.07) is 5.76. The van der Waals surface area contributed by atoms with Gasteiger partial charge in [0.2, 0.25) is 70.9 Å². The highest BCUT2D eigenvalue weighted by molar-refractivity contribution is 6.00. The second-order valence-corrected chi connectivity index (χ2v) is 22.8. The molecule has 0 spiro atoms. The summed E-state index contributed by atoms with van der Waals surface area (Å²) >= 11 is 0. The fraction of sp³-hybridized carbons (Fsp3) is 0.541. The van der Waals surface area contributed by atoms with Gasteiger partial charge in [0.05, 0.1) is 31.8 Å². The molecule has 12 amide bonds. The molecule has 2 heterocycles. The van der Waals surface area contributed by atoms with Gasteiger partial charge in [-0.05, 0) is 88.7 Å². The Hall–Kier alpha value is -10.2. The van der Waals surface area contributed by atoms with Crippen molar-refractivity contribution in [3.63, 3.8) is 0 Å². The molecule has 2 fully saturated rings. The van der Waals surface area contributed by atoms with Crippen LogP contribution in [0.25, 0.3) is 0 Å². The number of aliphatic carboxylic acids is 2. The number of hydrogen-bond donors (Lipinski definition) is 17. The fourth-order valence-electron chi connectivity index (χ4n) is 9.85. The Bertz CT molecular complexity index is 3020. The highest BCUT2D eigenvalue weighted by atomic mass is 16.4. The van der Waals surface area contributed by atoms with Crippen LogP contribution in [-0.4, -0.2) is 192 Å². The molecule has 0 aliphatic carbocycles. The topological polar surface area (TPSA) is 527 Å². The third-order valence-electron chi connectivity index (χ3n) is 14.9. The predicted octanol–water partition coefficient (Wildman–Crippen LogP) is -4.24. The van der Waals surface area contributed by atoms with Gasteiger partial charge in [0.1, 0.15) is 48.3 Å². The van der Waals surface area contributed by atoms with Gasteiger partial charge in [0.15, 0.2) is 5.96 Å². The lowest BCUT2D eigenvalue weighted by Crippen LogP contribution is -2.58. The summed E-state index contributed by atoms with van der Waals surface area (Å²) in [5, 5.41) is 49.9. The summed E-state index contributed by atoms with van der Waals surface area (Å²) < 4.78 is 0. The van der Waals surface area contributed by atoms with Crippen LogP contribution in [0.15, 0.2) is 70.6 Å². The minimum Gasteiger partial charge on any atom is -0.481 e. The molecule has 20 N–H and O–H groups in total. The van der Waals surface area contributed by atoms with Gasteiger partial charge >= 0.3 is 11.9 Å². The van der Waals surface area contributed by atoms with Crippen molar-refractivity contribution in [3.8, 4) is 0 Å². The van der Waals surface area contributed by atoms with Crippen molar-refractivity contribution in [2.45, 2.75) is 165 Å². The van der Waals surface area contributed by atoms with Crippen LogP contribution in [0.1, 0.15) is 115 Å². The number of carboxylic acids is 2. The molecule has 94 heavy (non-hydrogen) atoms. The number of nitrogens with two attached hydrogens (primary N) is 3. The Morgan fingerprint density at radius 3 is 1.24 bits per heavy atom. The van der Waals surface area contributed by atoms with Crippen LogP contribution in [0.5, 0.6) is 0 Å². The van der Waals surface area contributed by atoms with E-state index in [0.29, 0.717) is 11.1 Å². The Kier molecular flexibility index (Phi) is 32.9. The number of nitrogens with zero attached hydrogens (tertiary/aromatic N) is 2. The van der Waals surface area contributed by atoms with E-state index in [2.05, 4.69) is 73.8 Å². The van der Waals surface area contributed by atoms with Gasteiger partial charge in [-0.2, -0.15) is 0 Å². The van der Waals surface area contributed by atoms with E-state index in [1.165, 1.54) is 0 Å². The van der Waals surface area contributed by atoms with Crippen LogP contribution in [0.2, 0.25) is 0 Å². The average Bonchev–Trinajstić information content (AvgIpc) is 1.40. The zero-order valence-electron chi connectivity index (χ0n) is 52.8. The van der Waals surface area contributed by atoms with Crippen LogP contribution in [0.4, 0.5) is 0 Å². The molecule has 33 nitrogen and oxygen atoms in total. The third-order valence-corrected chi connectivity index (χ3v) is 14.9. The number of aliphatic imine (C=N–C) groups is 2. The number of amidine groups is 1. The molecule has 33 heteroatoms. The number of amides is 12. The number of unbranched alkanes of at least 4 members (excludes halogenated alkanes) is 2. The van der Waals surface area contributed by atoms with Gasteiger partial charge in [-0.1, -0.05) is 67.6 Å².